The lowest BCUT2D eigenvalue weighted by atomic mass is 9.94. The van der Waals surface area contributed by atoms with Crippen molar-refractivity contribution in [2.45, 2.75) is 40.2 Å². The molecule has 0 aliphatic heterocycles. The molecular weight excluding hydrogens is 215 g/mol. The Bertz CT molecular complexity index is 398. The third-order valence-corrected chi connectivity index (χ3v) is 3.09. The smallest absolute Gasteiger partial charge is 0.126 e. The maximum atomic E-state index is 13.1. The lowest BCUT2D eigenvalue weighted by molar-refractivity contribution is 0.167. The Morgan fingerprint density at radius 1 is 1.47 bits per heavy atom. The predicted octanol–water partition coefficient (Wildman–Crippen LogP) is 4.50. The molecule has 0 radical (unpaired) electrons. The van der Waals surface area contributed by atoms with Crippen LogP contribution in [0.2, 0.25) is 0 Å². The Balaban J connectivity index is 2.76. The van der Waals surface area contributed by atoms with Crippen molar-refractivity contribution in [1.82, 2.24) is 0 Å². The van der Waals surface area contributed by atoms with Gasteiger partial charge < -0.3 is 4.74 Å². The van der Waals surface area contributed by atoms with Gasteiger partial charge in [-0.3, -0.25) is 0 Å². The van der Waals surface area contributed by atoms with E-state index in [-0.39, 0.29) is 11.9 Å². The zero-order valence-corrected chi connectivity index (χ0v) is 11.1. The summed E-state index contributed by atoms with van der Waals surface area (Å²) in [6.07, 6.45) is 1.05. The summed E-state index contributed by atoms with van der Waals surface area (Å²) in [5.41, 5.74) is 1.73. The van der Waals surface area contributed by atoms with Gasteiger partial charge in [-0.15, -0.1) is 0 Å². The average molecular weight is 236 g/mol. The Kier molecular flexibility index (Phi) is 4.73. The summed E-state index contributed by atoms with van der Waals surface area (Å²) in [4.78, 5) is 0. The molecule has 0 aromatic heterocycles. The van der Waals surface area contributed by atoms with Crippen LogP contribution in [0.15, 0.2) is 30.4 Å². The van der Waals surface area contributed by atoms with Crippen molar-refractivity contribution >= 4 is 0 Å². The van der Waals surface area contributed by atoms with Crippen LogP contribution in [0.3, 0.4) is 0 Å². The van der Waals surface area contributed by atoms with Gasteiger partial charge in [0.15, 0.2) is 0 Å². The van der Waals surface area contributed by atoms with Crippen molar-refractivity contribution in [1.29, 1.82) is 0 Å². The molecule has 0 saturated carbocycles. The lowest BCUT2D eigenvalue weighted by Crippen LogP contribution is -2.23. The predicted molar refractivity (Wildman–Crippen MR) is 69.8 cm³/mol. The molecule has 0 heterocycles. The fourth-order valence-corrected chi connectivity index (χ4v) is 2.07. The van der Waals surface area contributed by atoms with Crippen molar-refractivity contribution in [3.05, 3.63) is 41.7 Å². The van der Waals surface area contributed by atoms with Gasteiger partial charge in [0.2, 0.25) is 0 Å². The highest BCUT2D eigenvalue weighted by Gasteiger charge is 2.17. The average Bonchev–Trinajstić information content (AvgIpc) is 2.24. The van der Waals surface area contributed by atoms with Gasteiger partial charge in [0.1, 0.15) is 17.7 Å². The Hall–Kier alpha value is -1.31. The van der Waals surface area contributed by atoms with Crippen LogP contribution in [-0.2, 0) is 0 Å². The van der Waals surface area contributed by atoms with E-state index in [9.17, 15) is 4.39 Å². The van der Waals surface area contributed by atoms with Crippen molar-refractivity contribution in [2.75, 3.05) is 0 Å². The summed E-state index contributed by atoms with van der Waals surface area (Å²) in [5, 5.41) is 0. The number of hydrogen-bond acceptors (Lipinski definition) is 1. The van der Waals surface area contributed by atoms with Gasteiger partial charge in [-0.05, 0) is 51.0 Å². The minimum absolute atomic E-state index is 0.0577. The molecule has 2 unspecified atom stereocenters. The van der Waals surface area contributed by atoms with Gasteiger partial charge in [0.25, 0.3) is 0 Å². The molecule has 1 aromatic rings. The molecule has 0 saturated heterocycles. The molecule has 0 aliphatic carbocycles. The molecule has 2 heteroatoms. The number of ether oxygens (including phenoxy) is 1. The highest BCUT2D eigenvalue weighted by molar-refractivity contribution is 5.29. The molecule has 94 valence electrons. The first-order valence-corrected chi connectivity index (χ1v) is 6.04. The quantitative estimate of drug-likeness (QED) is 0.684. The van der Waals surface area contributed by atoms with Crippen LogP contribution in [0.25, 0.3) is 0 Å². The summed E-state index contributed by atoms with van der Waals surface area (Å²) in [7, 11) is 0. The normalized spacial score (nSPS) is 14.2. The first kappa shape index (κ1) is 13.8. The fraction of sp³-hybridized carbons (Fsp3) is 0.467. The lowest BCUT2D eigenvalue weighted by Gasteiger charge is -2.24. The minimum atomic E-state index is -0.197. The largest absolute Gasteiger partial charge is 0.490 e. The number of rotatable bonds is 5. The number of hydrogen-bond donors (Lipinski definition) is 0. The SMILES string of the molecule is C=C(C)C(CC)C(C)Oc1ccc(F)c(C)c1. The van der Waals surface area contributed by atoms with Crippen LogP contribution < -0.4 is 4.74 Å². The Labute approximate surface area is 103 Å². The highest BCUT2D eigenvalue weighted by atomic mass is 19.1. The number of aryl methyl sites for hydroxylation is 1. The van der Waals surface area contributed by atoms with Gasteiger partial charge in [-0.2, -0.15) is 0 Å². The maximum Gasteiger partial charge on any atom is 0.126 e. The summed E-state index contributed by atoms with van der Waals surface area (Å²) in [5.74, 6) is 0.855. The monoisotopic (exact) mass is 236 g/mol. The van der Waals surface area contributed by atoms with Gasteiger partial charge in [-0.25, -0.2) is 4.39 Å². The summed E-state index contributed by atoms with van der Waals surface area (Å²) in [6, 6.07) is 4.85. The molecule has 0 fully saturated rings. The fourth-order valence-electron chi connectivity index (χ4n) is 2.07. The molecule has 1 rings (SSSR count). The van der Waals surface area contributed by atoms with Crippen LogP contribution in [0, 0.1) is 18.7 Å². The zero-order chi connectivity index (χ0) is 13.0. The van der Waals surface area contributed by atoms with Crippen LogP contribution in [0.4, 0.5) is 4.39 Å². The third kappa shape index (κ3) is 3.58. The standard InChI is InChI=1S/C15H21FO/c1-6-14(10(2)3)12(5)17-13-7-8-15(16)11(4)9-13/h7-9,12,14H,2,6H2,1,3-5H3. The second kappa shape index (κ2) is 5.85. The maximum absolute atomic E-state index is 13.1. The van der Waals surface area contributed by atoms with Crippen LogP contribution in [0.1, 0.15) is 32.8 Å². The van der Waals surface area contributed by atoms with E-state index in [1.165, 1.54) is 6.07 Å². The number of benzene rings is 1. The van der Waals surface area contributed by atoms with Crippen molar-refractivity contribution in [3.63, 3.8) is 0 Å². The van der Waals surface area contributed by atoms with Crippen molar-refractivity contribution in [2.24, 2.45) is 5.92 Å². The first-order valence-electron chi connectivity index (χ1n) is 6.04. The second-order valence-electron chi connectivity index (χ2n) is 4.60. The van der Waals surface area contributed by atoms with Crippen LogP contribution in [0.5, 0.6) is 5.75 Å². The number of halogens is 1. The van der Waals surface area contributed by atoms with E-state index in [4.69, 9.17) is 4.74 Å². The van der Waals surface area contributed by atoms with Crippen LogP contribution in [-0.4, -0.2) is 6.10 Å². The van der Waals surface area contributed by atoms with E-state index in [0.29, 0.717) is 11.5 Å². The van der Waals surface area contributed by atoms with Crippen LogP contribution >= 0.6 is 0 Å². The van der Waals surface area contributed by atoms with E-state index in [0.717, 1.165) is 17.7 Å². The zero-order valence-electron chi connectivity index (χ0n) is 11.1. The molecule has 2 atom stereocenters. The highest BCUT2D eigenvalue weighted by Crippen LogP contribution is 2.24. The minimum Gasteiger partial charge on any atom is -0.490 e. The van der Waals surface area contributed by atoms with Gasteiger partial charge in [-0.1, -0.05) is 19.1 Å². The van der Waals surface area contributed by atoms with Crippen molar-refractivity contribution < 1.29 is 9.13 Å². The molecule has 0 spiro atoms. The molecule has 0 aliphatic rings. The third-order valence-electron chi connectivity index (χ3n) is 3.09. The van der Waals surface area contributed by atoms with E-state index in [2.05, 4.69) is 13.5 Å². The molecular formula is C15H21FO. The molecule has 17 heavy (non-hydrogen) atoms. The molecule has 0 bridgehead atoms. The summed E-state index contributed by atoms with van der Waals surface area (Å²) < 4.78 is 19.0. The van der Waals surface area contributed by atoms with E-state index in [1.807, 2.05) is 13.8 Å². The topological polar surface area (TPSA) is 9.23 Å². The van der Waals surface area contributed by atoms with E-state index in [1.54, 1.807) is 19.1 Å². The van der Waals surface area contributed by atoms with E-state index < -0.39 is 0 Å². The first-order chi connectivity index (χ1) is 7.95. The second-order valence-corrected chi connectivity index (χ2v) is 4.60. The molecule has 0 N–H and O–H groups in total. The molecule has 1 aromatic carbocycles. The van der Waals surface area contributed by atoms with Gasteiger partial charge >= 0.3 is 0 Å². The Morgan fingerprint density at radius 3 is 2.59 bits per heavy atom. The van der Waals surface area contributed by atoms with E-state index >= 15 is 0 Å². The van der Waals surface area contributed by atoms with Crippen molar-refractivity contribution in [3.8, 4) is 5.75 Å². The van der Waals surface area contributed by atoms with Gasteiger partial charge in [0.05, 0.1) is 0 Å². The molecule has 1 nitrogen and oxygen atoms in total. The summed E-state index contributed by atoms with van der Waals surface area (Å²) >= 11 is 0. The summed E-state index contributed by atoms with van der Waals surface area (Å²) in [6.45, 7) is 11.9. The molecule has 0 amide bonds. The Morgan fingerprint density at radius 2 is 2.12 bits per heavy atom. The van der Waals surface area contributed by atoms with Gasteiger partial charge in [0, 0.05) is 5.92 Å².